The van der Waals surface area contributed by atoms with Crippen LogP contribution in [0, 0.1) is 11.5 Å². The zero-order valence-electron chi connectivity index (χ0n) is 22.2. The fourth-order valence-electron chi connectivity index (χ4n) is 4.61. The molecule has 4 aromatic carbocycles. The van der Waals surface area contributed by atoms with E-state index in [9.17, 15) is 14.9 Å². The Hall–Kier alpha value is -5.62. The number of aliphatic imine (C=N–C) groups is 1. The maximum absolute atomic E-state index is 13.8. The third-order valence-corrected chi connectivity index (χ3v) is 6.49. The minimum atomic E-state index is -0.710. The molecule has 1 heterocycles. The van der Waals surface area contributed by atoms with Gasteiger partial charge in [-0.15, -0.1) is 0 Å². The van der Waals surface area contributed by atoms with Crippen molar-refractivity contribution >= 4 is 35.0 Å². The summed E-state index contributed by atoms with van der Waals surface area (Å²) in [6, 6.07) is 32.1. The van der Waals surface area contributed by atoms with Crippen molar-refractivity contribution in [2.45, 2.75) is 25.4 Å². The Balaban J connectivity index is 1.37. The molecule has 41 heavy (non-hydrogen) atoms. The minimum Gasteiger partial charge on any atom is -0.425 e. The van der Waals surface area contributed by atoms with Gasteiger partial charge < -0.3 is 20.3 Å². The molecule has 0 aromatic heterocycles. The lowest BCUT2D eigenvalue weighted by Gasteiger charge is -2.26. The Kier molecular flexibility index (Phi) is 8.52. The van der Waals surface area contributed by atoms with E-state index in [0.717, 1.165) is 16.8 Å². The van der Waals surface area contributed by atoms with Gasteiger partial charge in [0.25, 0.3) is 0 Å². The molecule has 4 aromatic rings. The SMILES string of the molecule is N#CNC(=Nc1cccc(CN2C(=O)C(NC(=O)Nc3ccccc3)CCc3ccccc32)c1)Oc1ccccc1. The zero-order valence-corrected chi connectivity index (χ0v) is 22.2. The van der Waals surface area contributed by atoms with E-state index in [4.69, 9.17) is 4.74 Å². The Morgan fingerprint density at radius 1 is 0.951 bits per heavy atom. The average Bonchev–Trinajstić information content (AvgIpc) is 3.11. The highest BCUT2D eigenvalue weighted by atomic mass is 16.5. The second-order valence-corrected chi connectivity index (χ2v) is 9.35. The van der Waals surface area contributed by atoms with E-state index >= 15 is 0 Å². The molecule has 1 unspecified atom stereocenters. The van der Waals surface area contributed by atoms with Gasteiger partial charge in [-0.05, 0) is 66.4 Å². The molecular weight excluding hydrogens is 516 g/mol. The molecule has 204 valence electrons. The molecule has 0 saturated heterocycles. The number of para-hydroxylation sites is 3. The van der Waals surface area contributed by atoms with Gasteiger partial charge in [0.15, 0.2) is 6.19 Å². The maximum Gasteiger partial charge on any atom is 0.319 e. The highest BCUT2D eigenvalue weighted by Crippen LogP contribution is 2.29. The number of anilines is 2. The summed E-state index contributed by atoms with van der Waals surface area (Å²) in [5.74, 6) is 0.332. The van der Waals surface area contributed by atoms with Crippen LogP contribution in [0.4, 0.5) is 21.9 Å². The van der Waals surface area contributed by atoms with Crippen LogP contribution in [0.1, 0.15) is 17.5 Å². The van der Waals surface area contributed by atoms with Crippen molar-refractivity contribution in [1.82, 2.24) is 10.6 Å². The van der Waals surface area contributed by atoms with Crippen molar-refractivity contribution in [2.24, 2.45) is 4.99 Å². The zero-order chi connectivity index (χ0) is 28.4. The number of amidine groups is 1. The molecule has 3 N–H and O–H groups in total. The number of benzene rings is 4. The number of carbonyl (C=O) groups is 2. The lowest BCUT2D eigenvalue weighted by molar-refractivity contribution is -0.120. The van der Waals surface area contributed by atoms with Gasteiger partial charge in [-0.3, -0.25) is 4.79 Å². The van der Waals surface area contributed by atoms with E-state index in [-0.39, 0.29) is 18.5 Å². The van der Waals surface area contributed by atoms with Crippen LogP contribution in [-0.2, 0) is 17.8 Å². The number of fused-ring (bicyclic) bond motifs is 1. The summed E-state index contributed by atoms with van der Waals surface area (Å²) < 4.78 is 5.73. The van der Waals surface area contributed by atoms with Crippen molar-refractivity contribution in [3.63, 3.8) is 0 Å². The first-order chi connectivity index (χ1) is 20.1. The number of hydrogen-bond donors (Lipinski definition) is 3. The van der Waals surface area contributed by atoms with Crippen molar-refractivity contribution < 1.29 is 14.3 Å². The van der Waals surface area contributed by atoms with Gasteiger partial charge in [-0.25, -0.2) is 10.1 Å². The molecule has 0 radical (unpaired) electrons. The number of nitriles is 1. The smallest absolute Gasteiger partial charge is 0.319 e. The summed E-state index contributed by atoms with van der Waals surface area (Å²) >= 11 is 0. The van der Waals surface area contributed by atoms with Gasteiger partial charge in [0.1, 0.15) is 11.8 Å². The van der Waals surface area contributed by atoms with Crippen LogP contribution in [0.2, 0.25) is 0 Å². The number of rotatable bonds is 6. The van der Waals surface area contributed by atoms with Gasteiger partial charge in [0.2, 0.25) is 5.91 Å². The largest absolute Gasteiger partial charge is 0.425 e. The summed E-state index contributed by atoms with van der Waals surface area (Å²) in [4.78, 5) is 32.8. The summed E-state index contributed by atoms with van der Waals surface area (Å²) in [5.41, 5.74) is 3.84. The van der Waals surface area contributed by atoms with Crippen LogP contribution in [-0.4, -0.2) is 24.0 Å². The maximum atomic E-state index is 13.8. The highest BCUT2D eigenvalue weighted by molar-refractivity contribution is 6.01. The number of urea groups is 1. The number of ether oxygens (including phenoxy) is 1. The molecule has 0 aliphatic carbocycles. The summed E-state index contributed by atoms with van der Waals surface area (Å²) in [7, 11) is 0. The van der Waals surface area contributed by atoms with Crippen molar-refractivity contribution in [2.75, 3.05) is 10.2 Å². The number of nitrogens with zero attached hydrogens (tertiary/aromatic N) is 3. The summed E-state index contributed by atoms with van der Waals surface area (Å²) in [6.45, 7) is 0.262. The fraction of sp³-hybridized carbons (Fsp3) is 0.125. The van der Waals surface area contributed by atoms with Gasteiger partial charge in [-0.2, -0.15) is 10.3 Å². The Morgan fingerprint density at radius 2 is 1.68 bits per heavy atom. The highest BCUT2D eigenvalue weighted by Gasteiger charge is 2.31. The van der Waals surface area contributed by atoms with Crippen molar-refractivity contribution in [1.29, 1.82) is 5.26 Å². The number of carbonyl (C=O) groups excluding carboxylic acids is 2. The third kappa shape index (κ3) is 7.07. The topological polar surface area (TPSA) is 119 Å². The molecule has 0 spiro atoms. The lowest BCUT2D eigenvalue weighted by atomic mass is 10.1. The van der Waals surface area contributed by atoms with Gasteiger partial charge in [-0.1, -0.05) is 66.7 Å². The molecule has 1 aliphatic rings. The van der Waals surface area contributed by atoms with Crippen LogP contribution in [0.3, 0.4) is 0 Å². The fourth-order valence-corrected chi connectivity index (χ4v) is 4.61. The monoisotopic (exact) mass is 544 g/mol. The normalized spacial score (nSPS) is 14.7. The van der Waals surface area contributed by atoms with E-state index in [1.165, 1.54) is 0 Å². The molecule has 0 bridgehead atoms. The Morgan fingerprint density at radius 3 is 2.46 bits per heavy atom. The first-order valence-electron chi connectivity index (χ1n) is 13.2. The Labute approximate surface area is 238 Å². The molecule has 9 nitrogen and oxygen atoms in total. The van der Waals surface area contributed by atoms with Crippen LogP contribution in [0.25, 0.3) is 0 Å². The summed E-state index contributed by atoms with van der Waals surface area (Å²) in [5, 5.41) is 17.3. The standard InChI is InChI=1S/C32H28N6O3/c33-22-34-32(41-27-15-5-2-6-16-27)36-26-14-9-10-23(20-26)21-38-29-17-8-7-11-24(29)18-19-28(30(38)39)37-31(40)35-25-12-3-1-4-13-25/h1-17,20,28H,18-19,21H2,(H,34,36)(H2,35,37,40). The van der Waals surface area contributed by atoms with Crippen LogP contribution < -0.4 is 25.6 Å². The average molecular weight is 545 g/mol. The van der Waals surface area contributed by atoms with Gasteiger partial charge in [0.05, 0.1) is 12.2 Å². The number of hydrogen-bond acceptors (Lipinski definition) is 5. The predicted octanol–water partition coefficient (Wildman–Crippen LogP) is 5.49. The van der Waals surface area contributed by atoms with E-state index in [1.54, 1.807) is 35.2 Å². The predicted molar refractivity (Wildman–Crippen MR) is 158 cm³/mol. The van der Waals surface area contributed by atoms with E-state index in [0.29, 0.717) is 30.0 Å². The van der Waals surface area contributed by atoms with Crippen molar-refractivity contribution in [3.8, 4) is 11.9 Å². The number of amides is 3. The molecular formula is C32H28N6O3. The number of aryl methyl sites for hydroxylation is 1. The Bertz CT molecular complexity index is 1580. The van der Waals surface area contributed by atoms with Crippen LogP contribution in [0.15, 0.2) is 114 Å². The molecule has 5 rings (SSSR count). The second kappa shape index (κ2) is 13.0. The molecule has 1 aliphatic heterocycles. The molecule has 0 saturated carbocycles. The van der Waals surface area contributed by atoms with E-state index < -0.39 is 12.1 Å². The molecule has 0 fully saturated rings. The second-order valence-electron chi connectivity index (χ2n) is 9.35. The van der Waals surface area contributed by atoms with Crippen LogP contribution in [0.5, 0.6) is 5.75 Å². The summed E-state index contributed by atoms with van der Waals surface area (Å²) in [6.07, 6.45) is 2.96. The van der Waals surface area contributed by atoms with Crippen LogP contribution >= 0.6 is 0 Å². The quantitative estimate of drug-likeness (QED) is 0.128. The first kappa shape index (κ1) is 27.0. The minimum absolute atomic E-state index is 0.0285. The van der Waals surface area contributed by atoms with Gasteiger partial charge >= 0.3 is 12.1 Å². The molecule has 3 amide bonds. The molecule has 9 heteroatoms. The van der Waals surface area contributed by atoms with Crippen molar-refractivity contribution in [3.05, 3.63) is 120 Å². The van der Waals surface area contributed by atoms with E-state index in [2.05, 4.69) is 20.9 Å². The lowest BCUT2D eigenvalue weighted by Crippen LogP contribution is -2.49. The first-order valence-corrected chi connectivity index (χ1v) is 13.2. The molecule has 1 atom stereocenters. The van der Waals surface area contributed by atoms with E-state index in [1.807, 2.05) is 85.1 Å². The number of nitrogens with one attached hydrogen (secondary N) is 3. The third-order valence-electron chi connectivity index (χ3n) is 6.49. The van der Waals surface area contributed by atoms with Gasteiger partial charge in [0, 0.05) is 11.4 Å².